The molecule has 2 saturated heterocycles. The first-order valence-corrected chi connectivity index (χ1v) is 12.7. The number of para-hydroxylation sites is 2. The Labute approximate surface area is 215 Å². The SMILES string of the molecule is COC(=O)C1CC(=O)N(OCc2ccc3ccccc3c2)C12CCN(Cc1nc3ccccc3[nH]1)CC2. The van der Waals surface area contributed by atoms with E-state index >= 15 is 0 Å². The number of carbonyl (C=O) groups excluding carboxylic acids is 2. The van der Waals surface area contributed by atoms with Crippen LogP contribution in [-0.4, -0.2) is 57.5 Å². The van der Waals surface area contributed by atoms with Gasteiger partial charge < -0.3 is 9.72 Å². The number of fused-ring (bicyclic) bond motifs is 2. The first-order valence-electron chi connectivity index (χ1n) is 12.7. The average Bonchev–Trinajstić information content (AvgIpc) is 3.46. The molecule has 1 unspecified atom stereocenters. The summed E-state index contributed by atoms with van der Waals surface area (Å²) in [4.78, 5) is 42.5. The maximum absolute atomic E-state index is 13.1. The molecule has 2 aliphatic heterocycles. The fourth-order valence-electron chi connectivity index (χ4n) is 5.89. The Morgan fingerprint density at radius 1 is 1.05 bits per heavy atom. The normalized spacial score (nSPS) is 19.8. The van der Waals surface area contributed by atoms with Gasteiger partial charge in [0.15, 0.2) is 0 Å². The molecule has 6 rings (SSSR count). The van der Waals surface area contributed by atoms with Crippen LogP contribution in [-0.2, 0) is 32.3 Å². The van der Waals surface area contributed by atoms with E-state index < -0.39 is 11.5 Å². The first-order chi connectivity index (χ1) is 18.1. The van der Waals surface area contributed by atoms with Gasteiger partial charge in [0.05, 0.1) is 36.1 Å². The molecule has 4 aromatic rings. The highest BCUT2D eigenvalue weighted by Crippen LogP contribution is 2.45. The third-order valence-corrected chi connectivity index (χ3v) is 7.85. The lowest BCUT2D eigenvalue weighted by Crippen LogP contribution is -2.57. The number of hydrogen-bond donors (Lipinski definition) is 1. The predicted octanol–water partition coefficient (Wildman–Crippen LogP) is 4.20. The Balaban J connectivity index is 1.19. The van der Waals surface area contributed by atoms with Gasteiger partial charge >= 0.3 is 5.97 Å². The number of piperidine rings is 1. The fourth-order valence-corrected chi connectivity index (χ4v) is 5.89. The molecular weight excluding hydrogens is 468 g/mol. The van der Waals surface area contributed by atoms with E-state index in [9.17, 15) is 9.59 Å². The summed E-state index contributed by atoms with van der Waals surface area (Å²) in [5, 5.41) is 3.78. The molecule has 1 atom stereocenters. The Morgan fingerprint density at radius 2 is 1.81 bits per heavy atom. The molecule has 3 aromatic carbocycles. The molecule has 0 radical (unpaired) electrons. The quantitative estimate of drug-likeness (QED) is 0.401. The van der Waals surface area contributed by atoms with Gasteiger partial charge in [-0.1, -0.05) is 48.5 Å². The second-order valence-corrected chi connectivity index (χ2v) is 10.0. The number of benzene rings is 3. The van der Waals surface area contributed by atoms with Gasteiger partial charge in [-0.15, -0.1) is 0 Å². The number of aromatic nitrogens is 2. The Bertz CT molecular complexity index is 1420. The third kappa shape index (κ3) is 4.36. The van der Waals surface area contributed by atoms with E-state index in [1.807, 2.05) is 42.5 Å². The number of esters is 1. The van der Waals surface area contributed by atoms with E-state index in [-0.39, 0.29) is 24.9 Å². The van der Waals surface area contributed by atoms with Crippen molar-refractivity contribution in [2.75, 3.05) is 20.2 Å². The molecule has 1 aromatic heterocycles. The minimum absolute atomic E-state index is 0.105. The average molecular weight is 499 g/mol. The second-order valence-electron chi connectivity index (χ2n) is 10.0. The molecule has 0 bridgehead atoms. The van der Waals surface area contributed by atoms with Gasteiger partial charge in [0.25, 0.3) is 0 Å². The molecule has 2 aliphatic rings. The van der Waals surface area contributed by atoms with Gasteiger partial charge in [0, 0.05) is 19.5 Å². The van der Waals surface area contributed by atoms with Crippen molar-refractivity contribution in [2.45, 2.75) is 38.0 Å². The van der Waals surface area contributed by atoms with Crippen LogP contribution in [0.4, 0.5) is 0 Å². The first kappa shape index (κ1) is 23.6. The Kier molecular flexibility index (Phi) is 6.14. The zero-order valence-electron chi connectivity index (χ0n) is 20.9. The monoisotopic (exact) mass is 498 g/mol. The largest absolute Gasteiger partial charge is 0.469 e. The number of methoxy groups -OCH3 is 1. The van der Waals surface area contributed by atoms with Gasteiger partial charge in [0.1, 0.15) is 12.4 Å². The van der Waals surface area contributed by atoms with Crippen molar-refractivity contribution < 1.29 is 19.2 Å². The molecule has 1 spiro atoms. The molecule has 190 valence electrons. The van der Waals surface area contributed by atoms with E-state index in [0.29, 0.717) is 32.5 Å². The van der Waals surface area contributed by atoms with Gasteiger partial charge in [-0.25, -0.2) is 10.0 Å². The summed E-state index contributed by atoms with van der Waals surface area (Å²) >= 11 is 0. The summed E-state index contributed by atoms with van der Waals surface area (Å²) in [7, 11) is 1.38. The van der Waals surface area contributed by atoms with Crippen LogP contribution < -0.4 is 0 Å². The van der Waals surface area contributed by atoms with Crippen molar-refractivity contribution in [3.63, 3.8) is 0 Å². The van der Waals surface area contributed by atoms with Crippen LogP contribution in [0.3, 0.4) is 0 Å². The highest BCUT2D eigenvalue weighted by atomic mass is 16.7. The lowest BCUT2D eigenvalue weighted by molar-refractivity contribution is -0.229. The zero-order chi connectivity index (χ0) is 25.4. The summed E-state index contributed by atoms with van der Waals surface area (Å²) in [5.74, 6) is -0.152. The van der Waals surface area contributed by atoms with E-state index in [1.165, 1.54) is 12.2 Å². The van der Waals surface area contributed by atoms with Gasteiger partial charge in [-0.3, -0.25) is 19.3 Å². The number of likely N-dealkylation sites (tertiary alicyclic amines) is 1. The highest BCUT2D eigenvalue weighted by molar-refractivity contribution is 5.88. The van der Waals surface area contributed by atoms with Crippen molar-refractivity contribution in [3.05, 3.63) is 78.1 Å². The summed E-state index contributed by atoms with van der Waals surface area (Å²) in [6.07, 6.45) is 1.35. The van der Waals surface area contributed by atoms with Gasteiger partial charge in [-0.05, 0) is 47.4 Å². The number of ether oxygens (including phenoxy) is 1. The van der Waals surface area contributed by atoms with Crippen LogP contribution in [0.1, 0.15) is 30.7 Å². The smallest absolute Gasteiger partial charge is 0.311 e. The number of carbonyl (C=O) groups is 2. The third-order valence-electron chi connectivity index (χ3n) is 7.85. The number of hydrogen-bond acceptors (Lipinski definition) is 6. The second kappa shape index (κ2) is 9.61. The van der Waals surface area contributed by atoms with Crippen molar-refractivity contribution in [1.29, 1.82) is 0 Å². The number of nitrogens with one attached hydrogen (secondary N) is 1. The van der Waals surface area contributed by atoms with E-state index in [4.69, 9.17) is 14.6 Å². The molecule has 3 heterocycles. The number of hydroxylamine groups is 2. The van der Waals surface area contributed by atoms with Crippen LogP contribution in [0, 0.1) is 5.92 Å². The van der Waals surface area contributed by atoms with Crippen molar-refractivity contribution in [3.8, 4) is 0 Å². The maximum atomic E-state index is 13.1. The Hall–Kier alpha value is -3.75. The fraction of sp³-hybridized carbons (Fsp3) is 0.345. The molecular formula is C29H30N4O4. The van der Waals surface area contributed by atoms with Crippen LogP contribution in [0.5, 0.6) is 0 Å². The number of H-pyrrole nitrogens is 1. The van der Waals surface area contributed by atoms with Crippen LogP contribution >= 0.6 is 0 Å². The lowest BCUT2D eigenvalue weighted by Gasteiger charge is -2.45. The predicted molar refractivity (Wildman–Crippen MR) is 139 cm³/mol. The Morgan fingerprint density at radius 3 is 2.59 bits per heavy atom. The van der Waals surface area contributed by atoms with E-state index in [2.05, 4.69) is 34.1 Å². The van der Waals surface area contributed by atoms with Gasteiger partial charge in [-0.2, -0.15) is 0 Å². The number of nitrogens with zero attached hydrogens (tertiary/aromatic N) is 3. The molecule has 0 aliphatic carbocycles. The standard InChI is InChI=1S/C29H30N4O4/c1-36-28(35)23-17-27(34)33(37-19-20-10-11-21-6-2-3-7-22(21)16-20)29(23)12-14-32(15-13-29)18-26-30-24-8-4-5-9-25(24)31-26/h2-11,16,23H,12-15,17-19H2,1H3,(H,30,31). The number of amides is 1. The lowest BCUT2D eigenvalue weighted by atomic mass is 9.77. The molecule has 1 N–H and O–H groups in total. The van der Waals surface area contributed by atoms with Gasteiger partial charge in [0.2, 0.25) is 5.91 Å². The summed E-state index contributed by atoms with van der Waals surface area (Å²) in [6.45, 7) is 2.37. The number of imidazole rings is 1. The molecule has 37 heavy (non-hydrogen) atoms. The molecule has 1 amide bonds. The molecule has 8 heteroatoms. The summed E-state index contributed by atoms with van der Waals surface area (Å²) in [5.41, 5.74) is 2.23. The highest BCUT2D eigenvalue weighted by Gasteiger charge is 2.58. The number of rotatable bonds is 6. The minimum atomic E-state index is -0.717. The van der Waals surface area contributed by atoms with Crippen molar-refractivity contribution in [2.24, 2.45) is 5.92 Å². The van der Waals surface area contributed by atoms with Crippen molar-refractivity contribution in [1.82, 2.24) is 19.9 Å². The molecule has 2 fully saturated rings. The summed E-state index contributed by atoms with van der Waals surface area (Å²) in [6, 6.07) is 22.3. The van der Waals surface area contributed by atoms with E-state index in [0.717, 1.165) is 33.2 Å². The van der Waals surface area contributed by atoms with Crippen LogP contribution in [0.2, 0.25) is 0 Å². The van der Waals surface area contributed by atoms with Crippen LogP contribution in [0.15, 0.2) is 66.7 Å². The molecule has 0 saturated carbocycles. The zero-order valence-corrected chi connectivity index (χ0v) is 20.9. The topological polar surface area (TPSA) is 87.8 Å². The maximum Gasteiger partial charge on any atom is 0.311 e. The van der Waals surface area contributed by atoms with Crippen LogP contribution in [0.25, 0.3) is 21.8 Å². The van der Waals surface area contributed by atoms with Crippen molar-refractivity contribution >= 4 is 33.7 Å². The minimum Gasteiger partial charge on any atom is -0.469 e. The molecule has 8 nitrogen and oxygen atoms in total. The summed E-state index contributed by atoms with van der Waals surface area (Å²) < 4.78 is 5.12. The number of aromatic amines is 1. The van der Waals surface area contributed by atoms with E-state index in [1.54, 1.807) is 0 Å².